The Bertz CT molecular complexity index is 1300. The van der Waals surface area contributed by atoms with Crippen LogP contribution in [0.1, 0.15) is 15.9 Å². The molecule has 0 aliphatic carbocycles. The molecule has 0 bridgehead atoms. The van der Waals surface area contributed by atoms with Crippen LogP contribution in [-0.4, -0.2) is 28.9 Å². The highest BCUT2D eigenvalue weighted by atomic mass is 32.2. The lowest BCUT2D eigenvalue weighted by molar-refractivity contribution is -0.122. The van der Waals surface area contributed by atoms with Gasteiger partial charge in [-0.1, -0.05) is 54.2 Å². The minimum Gasteiger partial charge on any atom is -0.366 e. The Balaban J connectivity index is 1.53. The maximum atomic E-state index is 13.6. The highest BCUT2D eigenvalue weighted by molar-refractivity contribution is 8.19. The van der Waals surface area contributed by atoms with E-state index in [9.17, 15) is 9.59 Å². The van der Waals surface area contributed by atoms with Crippen LogP contribution in [0.5, 0.6) is 0 Å². The number of rotatable bonds is 4. The van der Waals surface area contributed by atoms with Crippen molar-refractivity contribution >= 4 is 51.9 Å². The summed E-state index contributed by atoms with van der Waals surface area (Å²) in [6, 6.07) is 24.7. The fourth-order valence-electron chi connectivity index (χ4n) is 3.64. The summed E-state index contributed by atoms with van der Waals surface area (Å²) in [6.07, 6.45) is 0. The summed E-state index contributed by atoms with van der Waals surface area (Å²) in [5.74, 6) is -0.559. The molecule has 2 aliphatic rings. The molecule has 33 heavy (non-hydrogen) atoms. The quantitative estimate of drug-likeness (QED) is 0.543. The van der Waals surface area contributed by atoms with Gasteiger partial charge in [-0.3, -0.25) is 14.5 Å². The second-order valence-corrected chi connectivity index (χ2v) is 9.56. The van der Waals surface area contributed by atoms with Gasteiger partial charge in [0.1, 0.15) is 4.91 Å². The zero-order chi connectivity index (χ0) is 22.9. The lowest BCUT2D eigenvalue weighted by Gasteiger charge is -2.16. The van der Waals surface area contributed by atoms with Crippen LogP contribution in [0.2, 0.25) is 0 Å². The Labute approximate surface area is 200 Å². The van der Waals surface area contributed by atoms with E-state index in [0.29, 0.717) is 27.9 Å². The normalized spacial score (nSPS) is 18.8. The van der Waals surface area contributed by atoms with E-state index in [0.717, 1.165) is 21.2 Å². The first-order chi connectivity index (χ1) is 16.0. The molecule has 0 radical (unpaired) electrons. The van der Waals surface area contributed by atoms with Crippen LogP contribution in [0.4, 0.5) is 11.4 Å². The summed E-state index contributed by atoms with van der Waals surface area (Å²) in [5.41, 5.74) is 8.51. The fourth-order valence-corrected chi connectivity index (χ4v) is 5.98. The largest absolute Gasteiger partial charge is 0.366 e. The predicted octanol–water partition coefficient (Wildman–Crippen LogP) is 4.96. The number of benzene rings is 3. The molecular weight excluding hydrogens is 452 g/mol. The van der Waals surface area contributed by atoms with Crippen LogP contribution < -0.4 is 10.6 Å². The summed E-state index contributed by atoms with van der Waals surface area (Å²) >= 11 is 2.97. The Morgan fingerprint density at radius 3 is 2.33 bits per heavy atom. The molecule has 0 atom stereocenters. The lowest BCUT2D eigenvalue weighted by atomic mass is 10.2. The molecule has 0 aromatic heterocycles. The Morgan fingerprint density at radius 1 is 0.939 bits per heavy atom. The Hall–Kier alpha value is -3.49. The number of anilines is 1. The van der Waals surface area contributed by atoms with Crippen molar-refractivity contribution in [2.75, 3.05) is 11.9 Å². The zero-order valence-corrected chi connectivity index (χ0v) is 19.4. The minimum absolute atomic E-state index is 0.0708. The topological polar surface area (TPSA) is 79.0 Å². The number of amides is 2. The highest BCUT2D eigenvalue weighted by Gasteiger charge is 2.39. The van der Waals surface area contributed by atoms with E-state index in [1.807, 2.05) is 49.5 Å². The van der Waals surface area contributed by atoms with Crippen LogP contribution in [0.25, 0.3) is 0 Å². The van der Waals surface area contributed by atoms with Crippen molar-refractivity contribution < 1.29 is 9.59 Å². The van der Waals surface area contributed by atoms with E-state index in [1.165, 1.54) is 11.8 Å². The number of thioether (sulfide) groups is 2. The Morgan fingerprint density at radius 2 is 1.64 bits per heavy atom. The van der Waals surface area contributed by atoms with Gasteiger partial charge in [-0.05, 0) is 53.7 Å². The first-order valence-corrected chi connectivity index (χ1v) is 11.9. The van der Waals surface area contributed by atoms with Crippen LogP contribution in [0.15, 0.2) is 98.7 Å². The first kappa shape index (κ1) is 21.4. The number of fused-ring (bicyclic) bond motifs is 1. The molecule has 2 amide bonds. The number of primary amides is 1. The van der Waals surface area contributed by atoms with Crippen LogP contribution >= 0.6 is 23.5 Å². The average Bonchev–Trinajstić information content (AvgIpc) is 3.32. The van der Waals surface area contributed by atoms with Crippen molar-refractivity contribution in [3.8, 4) is 0 Å². The molecule has 0 saturated carbocycles. The van der Waals surface area contributed by atoms with Gasteiger partial charge in [0.2, 0.25) is 5.91 Å². The summed E-state index contributed by atoms with van der Waals surface area (Å²) in [7, 11) is 1.98. The molecule has 164 valence electrons. The molecular formula is C25H20N4O2S2. The van der Waals surface area contributed by atoms with Crippen molar-refractivity contribution in [1.82, 2.24) is 4.90 Å². The SMILES string of the molecule is CN1/C(=C2/SC(=Nc3ccc(C(N)=O)cc3)N(Cc3ccccc3)C2=O)Sc2ccccc21. The number of para-hydroxylation sites is 1. The number of aliphatic imine (C=N–C) groups is 1. The summed E-state index contributed by atoms with van der Waals surface area (Å²) < 4.78 is 0. The van der Waals surface area contributed by atoms with Crippen molar-refractivity contribution in [3.05, 3.63) is 99.9 Å². The number of amidine groups is 1. The van der Waals surface area contributed by atoms with E-state index in [4.69, 9.17) is 10.7 Å². The maximum Gasteiger partial charge on any atom is 0.269 e. The number of carbonyl (C=O) groups is 2. The second kappa shape index (κ2) is 8.80. The van der Waals surface area contributed by atoms with Crippen molar-refractivity contribution in [2.24, 2.45) is 10.7 Å². The van der Waals surface area contributed by atoms with E-state index < -0.39 is 5.91 Å². The third-order valence-corrected chi connectivity index (χ3v) is 7.79. The van der Waals surface area contributed by atoms with Crippen LogP contribution in [0.3, 0.4) is 0 Å². The van der Waals surface area contributed by atoms with E-state index in [1.54, 1.807) is 40.9 Å². The molecule has 2 N–H and O–H groups in total. The maximum absolute atomic E-state index is 13.6. The molecule has 3 aromatic rings. The Kier molecular flexibility index (Phi) is 5.70. The van der Waals surface area contributed by atoms with Gasteiger partial charge in [0, 0.05) is 17.5 Å². The highest BCUT2D eigenvalue weighted by Crippen LogP contribution is 2.50. The minimum atomic E-state index is -0.488. The molecule has 6 nitrogen and oxygen atoms in total. The van der Waals surface area contributed by atoms with Crippen molar-refractivity contribution in [2.45, 2.75) is 11.4 Å². The zero-order valence-electron chi connectivity index (χ0n) is 17.8. The average molecular weight is 473 g/mol. The molecule has 2 heterocycles. The first-order valence-electron chi connectivity index (χ1n) is 10.3. The molecule has 8 heteroatoms. The number of nitrogens with zero attached hydrogens (tertiary/aromatic N) is 3. The second-order valence-electron chi connectivity index (χ2n) is 7.55. The summed E-state index contributed by atoms with van der Waals surface area (Å²) in [6.45, 7) is 0.420. The van der Waals surface area contributed by atoms with Gasteiger partial charge in [-0.25, -0.2) is 4.99 Å². The van der Waals surface area contributed by atoms with Gasteiger partial charge in [0.25, 0.3) is 5.91 Å². The predicted molar refractivity (Wildman–Crippen MR) is 134 cm³/mol. The summed E-state index contributed by atoms with van der Waals surface area (Å²) in [5, 5.41) is 1.50. The fraction of sp³-hybridized carbons (Fsp3) is 0.0800. The third kappa shape index (κ3) is 4.15. The molecule has 3 aromatic carbocycles. The van der Waals surface area contributed by atoms with Gasteiger partial charge >= 0.3 is 0 Å². The van der Waals surface area contributed by atoms with Crippen LogP contribution in [-0.2, 0) is 11.3 Å². The van der Waals surface area contributed by atoms with Gasteiger partial charge in [-0.15, -0.1) is 0 Å². The number of hydrogen-bond donors (Lipinski definition) is 1. The summed E-state index contributed by atoms with van der Waals surface area (Å²) in [4.78, 5) is 35.3. The van der Waals surface area contributed by atoms with E-state index in [-0.39, 0.29) is 5.91 Å². The van der Waals surface area contributed by atoms with Crippen molar-refractivity contribution in [1.29, 1.82) is 0 Å². The van der Waals surface area contributed by atoms with Gasteiger partial charge < -0.3 is 10.6 Å². The van der Waals surface area contributed by atoms with Crippen LogP contribution in [0, 0.1) is 0 Å². The molecule has 1 saturated heterocycles. The van der Waals surface area contributed by atoms with Gasteiger partial charge in [0.05, 0.1) is 22.9 Å². The molecule has 0 spiro atoms. The smallest absolute Gasteiger partial charge is 0.269 e. The molecule has 2 aliphatic heterocycles. The molecule has 0 unspecified atom stereocenters. The number of nitrogens with two attached hydrogens (primary N) is 1. The van der Waals surface area contributed by atoms with Gasteiger partial charge in [-0.2, -0.15) is 0 Å². The molecule has 1 fully saturated rings. The van der Waals surface area contributed by atoms with Gasteiger partial charge in [0.15, 0.2) is 5.17 Å². The monoisotopic (exact) mass is 472 g/mol. The molecule has 5 rings (SSSR count). The third-order valence-electron chi connectivity index (χ3n) is 5.36. The lowest BCUT2D eigenvalue weighted by Crippen LogP contribution is -2.29. The van der Waals surface area contributed by atoms with E-state index in [2.05, 4.69) is 17.0 Å². The number of hydrogen-bond acceptors (Lipinski definition) is 6. The van der Waals surface area contributed by atoms with Crippen molar-refractivity contribution in [3.63, 3.8) is 0 Å². The standard InChI is InChI=1S/C25H20N4O2S2/c1-28-19-9-5-6-10-20(19)32-24(28)21-23(31)29(15-16-7-3-2-4-8-16)25(33-21)27-18-13-11-17(12-14-18)22(26)30/h2-14H,15H2,1H3,(H2,26,30)/b24-21-,27-25?. The van der Waals surface area contributed by atoms with E-state index >= 15 is 0 Å². The number of carbonyl (C=O) groups excluding carboxylic acids is 2.